The highest BCUT2D eigenvalue weighted by Crippen LogP contribution is 2.40. The lowest BCUT2D eigenvalue weighted by atomic mass is 9.93. The molecule has 0 amide bonds. The van der Waals surface area contributed by atoms with Crippen molar-refractivity contribution in [3.8, 4) is 0 Å². The second kappa shape index (κ2) is 10.4. The Morgan fingerprint density at radius 2 is 1.75 bits per heavy atom. The number of fused-ring (bicyclic) bond motifs is 2. The number of aromatic carboxylic acids is 2. The maximum atomic E-state index is 10.8. The van der Waals surface area contributed by atoms with Crippen LogP contribution in [0.15, 0.2) is 30.7 Å². The molecule has 1 aliphatic carbocycles. The van der Waals surface area contributed by atoms with E-state index in [2.05, 4.69) is 16.9 Å². The van der Waals surface area contributed by atoms with E-state index in [-0.39, 0.29) is 26.2 Å². The van der Waals surface area contributed by atoms with Crippen molar-refractivity contribution in [1.82, 2.24) is 18.9 Å². The fourth-order valence-electron chi connectivity index (χ4n) is 4.02. The molecule has 3 aromatic heterocycles. The van der Waals surface area contributed by atoms with E-state index in [4.69, 9.17) is 10.2 Å². The number of rotatable bonds is 5. The summed E-state index contributed by atoms with van der Waals surface area (Å²) in [5.41, 5.74) is 2.27. The Labute approximate surface area is 188 Å². The van der Waals surface area contributed by atoms with E-state index in [1.165, 1.54) is 37.4 Å². The molecule has 1 fully saturated rings. The van der Waals surface area contributed by atoms with E-state index in [0.717, 1.165) is 30.9 Å². The molecule has 1 atom stereocenters. The Hall–Kier alpha value is -3.16. The van der Waals surface area contributed by atoms with Gasteiger partial charge < -0.3 is 19.2 Å². The fraction of sp³-hybridized carbons (Fsp3) is 0.500. The number of imidazole rings is 2. The molecule has 8 nitrogen and oxygen atoms in total. The summed E-state index contributed by atoms with van der Waals surface area (Å²) in [6.45, 7) is 3.10. The average Bonchev–Trinajstić information content (AvgIpc) is 3.33. The van der Waals surface area contributed by atoms with Crippen LogP contribution >= 0.6 is 0 Å². The van der Waals surface area contributed by atoms with E-state index < -0.39 is 11.9 Å². The lowest BCUT2D eigenvalue weighted by Crippen LogP contribution is -2.18. The molecule has 2 N–H and O–H groups in total. The first-order chi connectivity index (χ1) is 14.4. The van der Waals surface area contributed by atoms with E-state index in [0.29, 0.717) is 11.8 Å². The van der Waals surface area contributed by atoms with Gasteiger partial charge in [0, 0.05) is 31.6 Å². The van der Waals surface area contributed by atoms with E-state index in [1.807, 2.05) is 22.9 Å². The second-order valence-electron chi connectivity index (χ2n) is 8.12. The molecule has 1 unspecified atom stereocenters. The quantitative estimate of drug-likeness (QED) is 0.567. The summed E-state index contributed by atoms with van der Waals surface area (Å²) >= 11 is 0. The molecule has 0 spiro atoms. The summed E-state index contributed by atoms with van der Waals surface area (Å²) in [6.07, 6.45) is 12.0. The Morgan fingerprint density at radius 3 is 2.38 bits per heavy atom. The normalized spacial score (nSPS) is 16.7. The van der Waals surface area contributed by atoms with Crippen LogP contribution < -0.4 is 0 Å². The Balaban J connectivity index is 0.000000214. The molecule has 32 heavy (non-hydrogen) atoms. The first-order valence-corrected chi connectivity index (χ1v) is 10.5. The van der Waals surface area contributed by atoms with Crippen LogP contribution in [-0.2, 0) is 13.0 Å². The van der Waals surface area contributed by atoms with Crippen molar-refractivity contribution in [3.63, 3.8) is 0 Å². The Morgan fingerprint density at radius 1 is 1.06 bits per heavy atom. The van der Waals surface area contributed by atoms with Gasteiger partial charge in [-0.25, -0.2) is 19.6 Å². The van der Waals surface area contributed by atoms with Crippen LogP contribution in [0.4, 0.5) is 0 Å². The zero-order valence-corrected chi connectivity index (χ0v) is 17.0. The maximum absolute atomic E-state index is 10.8. The zero-order chi connectivity index (χ0) is 21.3. The average molecular weight is 443 g/mol. The Bertz CT molecular complexity index is 1080. The van der Waals surface area contributed by atoms with Crippen molar-refractivity contribution in [3.05, 3.63) is 53.5 Å². The van der Waals surface area contributed by atoms with Gasteiger partial charge in [-0.2, -0.15) is 0 Å². The highest BCUT2D eigenvalue weighted by atomic mass is 16.4. The van der Waals surface area contributed by atoms with Crippen LogP contribution in [0.25, 0.3) is 5.65 Å². The third-order valence-corrected chi connectivity index (χ3v) is 5.78. The van der Waals surface area contributed by atoms with Crippen LogP contribution in [0.1, 0.15) is 92.2 Å². The third-order valence-electron chi connectivity index (χ3n) is 5.78. The van der Waals surface area contributed by atoms with Crippen molar-refractivity contribution in [2.24, 2.45) is 5.92 Å². The summed E-state index contributed by atoms with van der Waals surface area (Å²) in [5.74, 6) is 0.388. The smallest absolute Gasteiger partial charge is 0.356 e. The topological polar surface area (TPSA) is 110 Å². The predicted molar refractivity (Wildman–Crippen MR) is 123 cm³/mol. The van der Waals surface area contributed by atoms with Gasteiger partial charge in [0.2, 0.25) is 0 Å². The summed E-state index contributed by atoms with van der Waals surface area (Å²) in [5, 5.41) is 17.6. The van der Waals surface area contributed by atoms with Gasteiger partial charge in [0.05, 0.1) is 0 Å². The standard InChI is InChI=1S/C11H10N2O2.C11H16N2O2.2CH4/c14-11(15)9-6-13-4-3-8(7-1-2-7)5-10(13)12-9;1-2-3-8-4-5-13-7-9(11(14)15)12-10(13)6-8;;/h3-7H,1-2H2,(H,14,15);7-8H,2-6H2,1H3,(H,14,15);2*1H4. The van der Waals surface area contributed by atoms with Crippen LogP contribution in [0, 0.1) is 5.92 Å². The van der Waals surface area contributed by atoms with Crippen molar-refractivity contribution in [2.45, 2.75) is 72.8 Å². The van der Waals surface area contributed by atoms with Gasteiger partial charge in [0.25, 0.3) is 0 Å². The first kappa shape index (κ1) is 25.1. The summed E-state index contributed by atoms with van der Waals surface area (Å²) in [4.78, 5) is 29.7. The van der Waals surface area contributed by atoms with Crippen molar-refractivity contribution < 1.29 is 19.8 Å². The van der Waals surface area contributed by atoms with Gasteiger partial charge in [-0.1, -0.05) is 34.6 Å². The molecule has 5 rings (SSSR count). The third kappa shape index (κ3) is 5.55. The minimum absolute atomic E-state index is 0. The SMILES string of the molecule is C.C.CCCC1CCn2cc(C(=O)O)nc2C1.O=C(O)c1cn2ccc(C3CC3)cc2n1. The van der Waals surface area contributed by atoms with E-state index in [9.17, 15) is 9.59 Å². The molecular weight excluding hydrogens is 408 g/mol. The number of aromatic nitrogens is 4. The number of carbonyl (C=O) groups is 2. The summed E-state index contributed by atoms with van der Waals surface area (Å²) in [7, 11) is 0. The molecule has 0 saturated heterocycles. The van der Waals surface area contributed by atoms with Gasteiger partial charge in [0.15, 0.2) is 11.4 Å². The molecule has 174 valence electrons. The minimum atomic E-state index is -0.980. The van der Waals surface area contributed by atoms with Crippen molar-refractivity contribution in [2.75, 3.05) is 0 Å². The Kier molecular flexibility index (Phi) is 8.19. The van der Waals surface area contributed by atoms with Crippen LogP contribution in [-0.4, -0.2) is 41.1 Å². The van der Waals surface area contributed by atoms with E-state index in [1.54, 1.807) is 10.6 Å². The number of carboxylic acid groups (broad SMARTS) is 2. The monoisotopic (exact) mass is 442 g/mol. The number of hydrogen-bond donors (Lipinski definition) is 2. The molecule has 0 radical (unpaired) electrons. The number of aryl methyl sites for hydroxylation is 1. The van der Waals surface area contributed by atoms with Crippen LogP contribution in [0.5, 0.6) is 0 Å². The number of nitrogens with zero attached hydrogens (tertiary/aromatic N) is 4. The highest BCUT2D eigenvalue weighted by molar-refractivity contribution is 5.86. The number of pyridine rings is 1. The lowest BCUT2D eigenvalue weighted by molar-refractivity contribution is 0.0680. The lowest BCUT2D eigenvalue weighted by Gasteiger charge is -2.22. The largest absolute Gasteiger partial charge is 0.476 e. The second-order valence-corrected chi connectivity index (χ2v) is 8.12. The van der Waals surface area contributed by atoms with Gasteiger partial charge in [-0.15, -0.1) is 0 Å². The molecule has 0 bridgehead atoms. The maximum Gasteiger partial charge on any atom is 0.356 e. The van der Waals surface area contributed by atoms with Crippen molar-refractivity contribution >= 4 is 17.6 Å². The molecule has 1 saturated carbocycles. The van der Waals surface area contributed by atoms with E-state index >= 15 is 0 Å². The summed E-state index contributed by atoms with van der Waals surface area (Å²) in [6, 6.07) is 4.02. The molecule has 3 aromatic rings. The molecular formula is C24H34N4O4. The molecule has 2 aliphatic rings. The fourth-order valence-corrected chi connectivity index (χ4v) is 4.02. The minimum Gasteiger partial charge on any atom is -0.476 e. The van der Waals surface area contributed by atoms with Gasteiger partial charge in [-0.3, -0.25) is 0 Å². The molecule has 0 aromatic carbocycles. The zero-order valence-electron chi connectivity index (χ0n) is 17.0. The summed E-state index contributed by atoms with van der Waals surface area (Å²) < 4.78 is 3.73. The first-order valence-electron chi connectivity index (χ1n) is 10.5. The van der Waals surface area contributed by atoms with Crippen molar-refractivity contribution in [1.29, 1.82) is 0 Å². The van der Waals surface area contributed by atoms with Gasteiger partial charge in [0.1, 0.15) is 11.5 Å². The molecule has 1 aliphatic heterocycles. The van der Waals surface area contributed by atoms with Gasteiger partial charge >= 0.3 is 11.9 Å². The number of hydrogen-bond acceptors (Lipinski definition) is 4. The van der Waals surface area contributed by atoms with Crippen LogP contribution in [0.3, 0.4) is 0 Å². The number of carboxylic acids is 2. The molecule has 8 heteroatoms. The highest BCUT2D eigenvalue weighted by Gasteiger charge is 2.24. The predicted octanol–water partition coefficient (Wildman–Crippen LogP) is 5.13. The molecule has 4 heterocycles. The van der Waals surface area contributed by atoms with Crippen LogP contribution in [0.2, 0.25) is 0 Å². The van der Waals surface area contributed by atoms with Gasteiger partial charge in [-0.05, 0) is 48.8 Å².